The molecule has 0 fully saturated rings. The van der Waals surface area contributed by atoms with Crippen molar-refractivity contribution in [3.63, 3.8) is 0 Å². The molecule has 0 nitrogen and oxygen atoms in total. The summed E-state index contributed by atoms with van der Waals surface area (Å²) in [7, 11) is 0. The molecule has 1 aromatic carbocycles. The SMILES string of the molecule is Cc1cc2c(s1)sc1ccc(Br)cc12. The third kappa shape index (κ3) is 1.23. The van der Waals surface area contributed by atoms with E-state index in [1.807, 2.05) is 22.7 Å². The van der Waals surface area contributed by atoms with Crippen molar-refractivity contribution in [1.29, 1.82) is 0 Å². The Morgan fingerprint density at radius 1 is 1.07 bits per heavy atom. The molecule has 0 bridgehead atoms. The van der Waals surface area contributed by atoms with Crippen LogP contribution in [-0.2, 0) is 0 Å². The van der Waals surface area contributed by atoms with Gasteiger partial charge in [0.15, 0.2) is 0 Å². The number of hydrogen-bond donors (Lipinski definition) is 0. The molecule has 0 radical (unpaired) electrons. The first kappa shape index (κ1) is 8.89. The van der Waals surface area contributed by atoms with Crippen LogP contribution in [0.15, 0.2) is 28.7 Å². The first-order valence-corrected chi connectivity index (χ1v) is 6.75. The fourth-order valence-electron chi connectivity index (χ4n) is 1.66. The summed E-state index contributed by atoms with van der Waals surface area (Å²) < 4.78 is 3.98. The molecule has 14 heavy (non-hydrogen) atoms. The summed E-state index contributed by atoms with van der Waals surface area (Å²) in [6.07, 6.45) is 0. The van der Waals surface area contributed by atoms with Crippen LogP contribution in [0.1, 0.15) is 4.88 Å². The van der Waals surface area contributed by atoms with E-state index in [4.69, 9.17) is 0 Å². The predicted octanol–water partition coefficient (Wildman–Crippen LogP) is 5.19. The van der Waals surface area contributed by atoms with Crippen LogP contribution in [0.25, 0.3) is 19.5 Å². The highest BCUT2D eigenvalue weighted by Gasteiger charge is 2.07. The lowest BCUT2D eigenvalue weighted by Gasteiger charge is -1.90. The second-order valence-corrected chi connectivity index (χ2v) is 6.78. The molecule has 0 saturated carbocycles. The van der Waals surface area contributed by atoms with E-state index in [-0.39, 0.29) is 0 Å². The molecule has 3 rings (SSSR count). The number of benzene rings is 1. The second-order valence-electron chi connectivity index (χ2n) is 3.30. The van der Waals surface area contributed by atoms with Gasteiger partial charge in [0, 0.05) is 24.8 Å². The lowest BCUT2D eigenvalue weighted by Crippen LogP contribution is -1.64. The number of fused-ring (bicyclic) bond motifs is 3. The van der Waals surface area contributed by atoms with Gasteiger partial charge in [-0.1, -0.05) is 15.9 Å². The summed E-state index contributed by atoms with van der Waals surface area (Å²) in [6.45, 7) is 2.17. The maximum absolute atomic E-state index is 3.52. The lowest BCUT2D eigenvalue weighted by atomic mass is 10.2. The molecule has 0 unspecified atom stereocenters. The Labute approximate surface area is 98.3 Å². The molecule has 0 atom stereocenters. The largest absolute Gasteiger partial charge is 0.130 e. The van der Waals surface area contributed by atoms with Gasteiger partial charge >= 0.3 is 0 Å². The normalized spacial score (nSPS) is 11.6. The smallest absolute Gasteiger partial charge is 0.0880 e. The predicted molar refractivity (Wildman–Crippen MR) is 69.6 cm³/mol. The van der Waals surface area contributed by atoms with Gasteiger partial charge < -0.3 is 0 Å². The van der Waals surface area contributed by atoms with E-state index >= 15 is 0 Å². The van der Waals surface area contributed by atoms with Gasteiger partial charge in [0.25, 0.3) is 0 Å². The van der Waals surface area contributed by atoms with Gasteiger partial charge in [-0.3, -0.25) is 0 Å². The highest BCUT2D eigenvalue weighted by Crippen LogP contribution is 2.39. The molecule has 2 aromatic heterocycles. The number of aryl methyl sites for hydroxylation is 1. The zero-order chi connectivity index (χ0) is 9.71. The Morgan fingerprint density at radius 3 is 2.79 bits per heavy atom. The molecule has 0 aliphatic heterocycles. The van der Waals surface area contributed by atoms with E-state index in [2.05, 4.69) is 47.1 Å². The van der Waals surface area contributed by atoms with Crippen molar-refractivity contribution < 1.29 is 0 Å². The minimum atomic E-state index is 1.16. The van der Waals surface area contributed by atoms with Gasteiger partial charge in [-0.05, 0) is 31.2 Å². The standard InChI is InChI=1S/C11H7BrS2/c1-6-4-9-8-5-7(12)2-3-10(8)14-11(9)13-6/h2-5H,1H3. The Balaban J connectivity index is 2.55. The highest BCUT2D eigenvalue weighted by atomic mass is 79.9. The summed E-state index contributed by atoms with van der Waals surface area (Å²) in [5.74, 6) is 0. The van der Waals surface area contributed by atoms with Gasteiger partial charge in [-0.25, -0.2) is 0 Å². The van der Waals surface area contributed by atoms with E-state index in [9.17, 15) is 0 Å². The van der Waals surface area contributed by atoms with Crippen LogP contribution in [0.3, 0.4) is 0 Å². The van der Waals surface area contributed by atoms with Crippen LogP contribution >= 0.6 is 38.6 Å². The lowest BCUT2D eigenvalue weighted by molar-refractivity contribution is 1.66. The van der Waals surface area contributed by atoms with Crippen LogP contribution in [0.4, 0.5) is 0 Å². The minimum Gasteiger partial charge on any atom is -0.130 e. The Bertz CT molecular complexity index is 619. The summed E-state index contributed by atoms with van der Waals surface area (Å²) in [6, 6.07) is 8.78. The van der Waals surface area contributed by atoms with E-state index in [0.29, 0.717) is 0 Å². The summed E-state index contributed by atoms with van der Waals surface area (Å²) in [5.41, 5.74) is 0. The van der Waals surface area contributed by atoms with Crippen molar-refractivity contribution in [2.45, 2.75) is 6.92 Å². The average Bonchev–Trinajstić information content (AvgIpc) is 2.62. The zero-order valence-corrected chi connectivity index (χ0v) is 10.7. The quantitative estimate of drug-likeness (QED) is 0.533. The third-order valence-electron chi connectivity index (χ3n) is 2.26. The van der Waals surface area contributed by atoms with Gasteiger partial charge in [-0.2, -0.15) is 0 Å². The van der Waals surface area contributed by atoms with E-state index in [0.717, 1.165) is 4.47 Å². The van der Waals surface area contributed by atoms with E-state index in [1.165, 1.54) is 24.4 Å². The molecule has 0 N–H and O–H groups in total. The molecule has 0 aliphatic rings. The van der Waals surface area contributed by atoms with Crippen molar-refractivity contribution in [3.8, 4) is 0 Å². The van der Waals surface area contributed by atoms with Crippen LogP contribution in [0, 0.1) is 6.92 Å². The maximum Gasteiger partial charge on any atom is 0.0880 e. The monoisotopic (exact) mass is 282 g/mol. The molecule has 3 heteroatoms. The second kappa shape index (κ2) is 3.05. The summed E-state index contributed by atoms with van der Waals surface area (Å²) in [5, 5.41) is 2.79. The van der Waals surface area contributed by atoms with Crippen molar-refractivity contribution in [3.05, 3.63) is 33.6 Å². The molecular formula is C11H7BrS2. The number of thiophene rings is 2. The zero-order valence-electron chi connectivity index (χ0n) is 7.50. The van der Waals surface area contributed by atoms with Crippen LogP contribution in [0.2, 0.25) is 0 Å². The van der Waals surface area contributed by atoms with Crippen molar-refractivity contribution in [1.82, 2.24) is 0 Å². The maximum atomic E-state index is 3.52. The van der Waals surface area contributed by atoms with Crippen molar-refractivity contribution in [2.75, 3.05) is 0 Å². The molecule has 0 amide bonds. The van der Waals surface area contributed by atoms with E-state index < -0.39 is 0 Å². The highest BCUT2D eigenvalue weighted by molar-refractivity contribution is 9.10. The molecule has 2 heterocycles. The number of rotatable bonds is 0. The Hall–Kier alpha value is -0.380. The van der Waals surface area contributed by atoms with Crippen LogP contribution in [0.5, 0.6) is 0 Å². The van der Waals surface area contributed by atoms with Gasteiger partial charge in [0.05, 0.1) is 4.01 Å². The van der Waals surface area contributed by atoms with Crippen molar-refractivity contribution >= 4 is 58.1 Å². The Morgan fingerprint density at radius 2 is 1.93 bits per heavy atom. The Kier molecular flexibility index (Phi) is 1.94. The molecule has 0 aliphatic carbocycles. The third-order valence-corrected chi connectivity index (χ3v) is 5.08. The number of hydrogen-bond acceptors (Lipinski definition) is 2. The van der Waals surface area contributed by atoms with Gasteiger partial charge in [0.1, 0.15) is 0 Å². The topological polar surface area (TPSA) is 0 Å². The fraction of sp³-hybridized carbons (Fsp3) is 0.0909. The first-order chi connectivity index (χ1) is 6.74. The molecule has 0 saturated heterocycles. The summed E-state index contributed by atoms with van der Waals surface area (Å²) in [4.78, 5) is 1.40. The molecule has 3 aromatic rings. The number of halogens is 1. The first-order valence-electron chi connectivity index (χ1n) is 4.32. The van der Waals surface area contributed by atoms with Crippen LogP contribution < -0.4 is 0 Å². The minimum absolute atomic E-state index is 1.16. The van der Waals surface area contributed by atoms with Crippen LogP contribution in [-0.4, -0.2) is 0 Å². The van der Waals surface area contributed by atoms with E-state index in [1.54, 1.807) is 0 Å². The van der Waals surface area contributed by atoms with Gasteiger partial charge in [-0.15, -0.1) is 22.7 Å². The average molecular weight is 283 g/mol. The summed E-state index contributed by atoms with van der Waals surface area (Å²) >= 11 is 7.29. The fourth-order valence-corrected chi connectivity index (χ4v) is 4.49. The molecular weight excluding hydrogens is 276 g/mol. The molecule has 0 spiro atoms. The van der Waals surface area contributed by atoms with Crippen molar-refractivity contribution in [2.24, 2.45) is 0 Å². The molecule has 70 valence electrons. The van der Waals surface area contributed by atoms with Gasteiger partial charge in [0.2, 0.25) is 0 Å².